The van der Waals surface area contributed by atoms with Crippen molar-refractivity contribution < 1.29 is 9.72 Å². The van der Waals surface area contributed by atoms with Gasteiger partial charge in [0, 0.05) is 12.1 Å². The third kappa shape index (κ3) is 4.90. The Hall–Kier alpha value is -1.56. The van der Waals surface area contributed by atoms with E-state index in [1.807, 2.05) is 18.7 Å². The van der Waals surface area contributed by atoms with E-state index in [0.717, 1.165) is 17.9 Å². The van der Waals surface area contributed by atoms with Gasteiger partial charge in [0.25, 0.3) is 11.6 Å². The molecule has 0 fully saturated rings. The molecule has 0 spiro atoms. The highest BCUT2D eigenvalue weighted by Crippen LogP contribution is 2.17. The summed E-state index contributed by atoms with van der Waals surface area (Å²) < 4.78 is 0. The lowest BCUT2D eigenvalue weighted by Crippen LogP contribution is -2.33. The largest absolute Gasteiger partial charge is 0.349 e. The molecular formula is C13H18N2O3S. The molecule has 1 atom stereocenters. The van der Waals surface area contributed by atoms with E-state index in [-0.39, 0.29) is 23.2 Å². The van der Waals surface area contributed by atoms with Crippen molar-refractivity contribution in [1.82, 2.24) is 5.32 Å². The van der Waals surface area contributed by atoms with Crippen LogP contribution in [0.4, 0.5) is 5.69 Å². The molecule has 104 valence electrons. The number of nitro groups is 1. The lowest BCUT2D eigenvalue weighted by atomic mass is 10.1. The van der Waals surface area contributed by atoms with E-state index in [1.165, 1.54) is 12.1 Å². The van der Waals surface area contributed by atoms with Crippen LogP contribution in [-0.4, -0.2) is 28.4 Å². The number of amides is 1. The summed E-state index contributed by atoms with van der Waals surface area (Å²) in [6.07, 6.45) is 0.852. The van der Waals surface area contributed by atoms with Gasteiger partial charge < -0.3 is 5.32 Å². The van der Waals surface area contributed by atoms with Crippen LogP contribution in [0.25, 0.3) is 0 Å². The molecule has 1 amide bonds. The average molecular weight is 282 g/mol. The van der Waals surface area contributed by atoms with Gasteiger partial charge in [-0.25, -0.2) is 0 Å². The number of nitrogens with one attached hydrogen (secondary N) is 1. The van der Waals surface area contributed by atoms with E-state index in [9.17, 15) is 14.9 Å². The predicted octanol–water partition coefficient (Wildman–Crippen LogP) is 2.86. The third-order valence-electron chi connectivity index (χ3n) is 2.62. The third-order valence-corrected chi connectivity index (χ3v) is 3.55. The topological polar surface area (TPSA) is 72.2 Å². The molecule has 0 saturated heterocycles. The Balaban J connectivity index is 2.65. The maximum atomic E-state index is 12.0. The molecule has 1 rings (SSSR count). The second-order valence-corrected chi connectivity index (χ2v) is 5.53. The van der Waals surface area contributed by atoms with Crippen LogP contribution in [0.3, 0.4) is 0 Å². The van der Waals surface area contributed by atoms with Crippen LogP contribution in [0.5, 0.6) is 0 Å². The molecule has 1 unspecified atom stereocenters. The molecule has 1 aromatic carbocycles. The van der Waals surface area contributed by atoms with E-state index in [1.54, 1.807) is 12.1 Å². The molecule has 0 bridgehead atoms. The van der Waals surface area contributed by atoms with Crippen LogP contribution >= 0.6 is 11.8 Å². The zero-order valence-electron chi connectivity index (χ0n) is 11.1. The van der Waals surface area contributed by atoms with E-state index < -0.39 is 4.92 Å². The summed E-state index contributed by atoms with van der Waals surface area (Å²) in [6, 6.07) is 6.00. The first-order valence-corrected chi connectivity index (χ1v) is 7.33. The molecule has 19 heavy (non-hydrogen) atoms. The van der Waals surface area contributed by atoms with Crippen molar-refractivity contribution in [3.05, 3.63) is 39.9 Å². The minimum Gasteiger partial charge on any atom is -0.349 e. The van der Waals surface area contributed by atoms with Gasteiger partial charge in [-0.3, -0.25) is 14.9 Å². The SMILES string of the molecule is CCSCCC(C)NC(=O)c1ccccc1[N+](=O)[O-]. The van der Waals surface area contributed by atoms with Crippen LogP contribution < -0.4 is 5.32 Å². The van der Waals surface area contributed by atoms with Crippen LogP contribution in [0, 0.1) is 10.1 Å². The Kier molecular flexibility index (Phi) is 6.35. The minimum absolute atomic E-state index is 0.00589. The first kappa shape index (κ1) is 15.5. The highest BCUT2D eigenvalue weighted by molar-refractivity contribution is 7.99. The van der Waals surface area contributed by atoms with Crippen molar-refractivity contribution in [3.8, 4) is 0 Å². The highest BCUT2D eigenvalue weighted by Gasteiger charge is 2.20. The summed E-state index contributed by atoms with van der Waals surface area (Å²) in [5.41, 5.74) is -0.0439. The fraction of sp³-hybridized carbons (Fsp3) is 0.462. The smallest absolute Gasteiger partial charge is 0.282 e. The van der Waals surface area contributed by atoms with Crippen molar-refractivity contribution in [3.63, 3.8) is 0 Å². The molecule has 0 aromatic heterocycles. The van der Waals surface area contributed by atoms with Crippen molar-refractivity contribution >= 4 is 23.4 Å². The van der Waals surface area contributed by atoms with E-state index in [2.05, 4.69) is 12.2 Å². The Morgan fingerprint density at radius 1 is 1.47 bits per heavy atom. The molecule has 1 aromatic rings. The van der Waals surface area contributed by atoms with Crippen LogP contribution in [0.15, 0.2) is 24.3 Å². The van der Waals surface area contributed by atoms with Gasteiger partial charge in [0.1, 0.15) is 5.56 Å². The quantitative estimate of drug-likeness (QED) is 0.474. The Morgan fingerprint density at radius 3 is 2.79 bits per heavy atom. The van der Waals surface area contributed by atoms with Crippen molar-refractivity contribution in [1.29, 1.82) is 0 Å². The fourth-order valence-corrected chi connectivity index (χ4v) is 2.41. The first-order chi connectivity index (χ1) is 9.06. The number of rotatable bonds is 7. The zero-order chi connectivity index (χ0) is 14.3. The molecule has 0 saturated carbocycles. The predicted molar refractivity (Wildman–Crippen MR) is 77.6 cm³/mol. The van der Waals surface area contributed by atoms with Crippen molar-refractivity contribution in [2.24, 2.45) is 0 Å². The number of carbonyl (C=O) groups excluding carboxylic acids is 1. The van der Waals surface area contributed by atoms with Gasteiger partial charge >= 0.3 is 0 Å². The van der Waals surface area contributed by atoms with Crippen LogP contribution in [0.2, 0.25) is 0 Å². The van der Waals surface area contributed by atoms with Gasteiger partial charge in [-0.05, 0) is 30.9 Å². The highest BCUT2D eigenvalue weighted by atomic mass is 32.2. The number of benzene rings is 1. The molecular weight excluding hydrogens is 264 g/mol. The summed E-state index contributed by atoms with van der Waals surface area (Å²) in [6.45, 7) is 3.99. The summed E-state index contributed by atoms with van der Waals surface area (Å²) in [7, 11) is 0. The molecule has 5 nitrogen and oxygen atoms in total. The molecule has 6 heteroatoms. The monoisotopic (exact) mass is 282 g/mol. The zero-order valence-corrected chi connectivity index (χ0v) is 11.9. The van der Waals surface area contributed by atoms with Gasteiger partial charge in [-0.1, -0.05) is 19.1 Å². The Bertz CT molecular complexity index is 451. The second-order valence-electron chi connectivity index (χ2n) is 4.13. The van der Waals surface area contributed by atoms with Crippen LogP contribution in [-0.2, 0) is 0 Å². The van der Waals surface area contributed by atoms with E-state index in [0.29, 0.717) is 0 Å². The summed E-state index contributed by atoms with van der Waals surface area (Å²) in [4.78, 5) is 22.3. The van der Waals surface area contributed by atoms with Gasteiger partial charge in [0.15, 0.2) is 0 Å². The number of para-hydroxylation sites is 1. The van der Waals surface area contributed by atoms with E-state index in [4.69, 9.17) is 0 Å². The minimum atomic E-state index is -0.535. The average Bonchev–Trinajstić information content (AvgIpc) is 2.39. The standard InChI is InChI=1S/C13H18N2O3S/c1-3-19-9-8-10(2)14-13(16)11-6-4-5-7-12(11)15(17)18/h4-7,10H,3,8-9H2,1-2H3,(H,14,16). The van der Waals surface area contributed by atoms with Crippen molar-refractivity contribution in [2.45, 2.75) is 26.3 Å². The maximum absolute atomic E-state index is 12.0. The molecule has 0 aliphatic heterocycles. The molecule has 1 N–H and O–H groups in total. The lowest BCUT2D eigenvalue weighted by Gasteiger charge is -2.13. The number of nitrogens with zero attached hydrogens (tertiary/aromatic N) is 1. The lowest BCUT2D eigenvalue weighted by molar-refractivity contribution is -0.385. The van der Waals surface area contributed by atoms with Gasteiger partial charge in [0.2, 0.25) is 0 Å². The molecule has 0 aliphatic carbocycles. The van der Waals surface area contributed by atoms with Gasteiger partial charge in [-0.15, -0.1) is 0 Å². The Labute approximate surface area is 116 Å². The number of hydrogen-bond donors (Lipinski definition) is 1. The maximum Gasteiger partial charge on any atom is 0.282 e. The van der Waals surface area contributed by atoms with E-state index >= 15 is 0 Å². The number of hydrogen-bond acceptors (Lipinski definition) is 4. The Morgan fingerprint density at radius 2 is 2.16 bits per heavy atom. The second kappa shape index (κ2) is 7.78. The number of carbonyl (C=O) groups is 1. The number of thioether (sulfide) groups is 1. The van der Waals surface area contributed by atoms with Crippen LogP contribution in [0.1, 0.15) is 30.6 Å². The first-order valence-electron chi connectivity index (χ1n) is 6.18. The summed E-state index contributed by atoms with van der Waals surface area (Å²) in [5.74, 6) is 1.63. The molecule has 0 heterocycles. The van der Waals surface area contributed by atoms with Gasteiger partial charge in [-0.2, -0.15) is 11.8 Å². The summed E-state index contributed by atoms with van der Waals surface area (Å²) >= 11 is 1.81. The summed E-state index contributed by atoms with van der Waals surface area (Å²) in [5, 5.41) is 13.6. The fourth-order valence-electron chi connectivity index (χ4n) is 1.60. The van der Waals surface area contributed by atoms with Crippen molar-refractivity contribution in [2.75, 3.05) is 11.5 Å². The normalized spacial score (nSPS) is 11.9. The number of nitro benzene ring substituents is 1. The van der Waals surface area contributed by atoms with Gasteiger partial charge in [0.05, 0.1) is 4.92 Å². The molecule has 0 aliphatic rings. The molecule has 0 radical (unpaired) electrons.